The van der Waals surface area contributed by atoms with Crippen LogP contribution in [0.15, 0.2) is 53.4 Å². The number of sulfonamides is 1. The van der Waals surface area contributed by atoms with Crippen LogP contribution in [0.1, 0.15) is 5.82 Å². The topological polar surface area (TPSA) is 87.7 Å². The third-order valence-corrected chi connectivity index (χ3v) is 4.91. The maximum absolute atomic E-state index is 13.6. The summed E-state index contributed by atoms with van der Waals surface area (Å²) in [5, 5.41) is 6.70. The van der Waals surface area contributed by atoms with Crippen molar-refractivity contribution in [2.24, 2.45) is 0 Å². The van der Waals surface area contributed by atoms with Gasteiger partial charge in [0.05, 0.1) is 0 Å². The quantitative estimate of drug-likeness (QED) is 0.702. The van der Waals surface area contributed by atoms with E-state index >= 15 is 0 Å². The molecule has 25 heavy (non-hydrogen) atoms. The van der Waals surface area contributed by atoms with Gasteiger partial charge >= 0.3 is 0 Å². The van der Waals surface area contributed by atoms with E-state index in [0.717, 1.165) is 6.07 Å². The van der Waals surface area contributed by atoms with Gasteiger partial charge in [-0.05, 0) is 36.4 Å². The lowest BCUT2D eigenvalue weighted by molar-refractivity contribution is 0.556. The van der Waals surface area contributed by atoms with Gasteiger partial charge in [0.2, 0.25) is 10.0 Å². The largest absolute Gasteiger partial charge is 0.263 e. The van der Waals surface area contributed by atoms with Gasteiger partial charge in [0.25, 0.3) is 0 Å². The van der Waals surface area contributed by atoms with Crippen molar-refractivity contribution >= 4 is 10.0 Å². The van der Waals surface area contributed by atoms with Gasteiger partial charge in [-0.2, -0.15) is 5.10 Å². The van der Waals surface area contributed by atoms with Crippen molar-refractivity contribution < 1.29 is 17.2 Å². The van der Waals surface area contributed by atoms with Crippen LogP contribution in [0.3, 0.4) is 0 Å². The minimum atomic E-state index is -3.94. The van der Waals surface area contributed by atoms with Gasteiger partial charge in [0, 0.05) is 18.5 Å². The van der Waals surface area contributed by atoms with Crippen molar-refractivity contribution in [3.05, 3.63) is 66.0 Å². The molecule has 1 heterocycles. The molecule has 130 valence electrons. The smallest absolute Gasteiger partial charge is 0.243 e. The number of benzene rings is 2. The Labute approximate surface area is 143 Å². The van der Waals surface area contributed by atoms with Gasteiger partial charge in [-0.3, -0.25) is 5.10 Å². The fourth-order valence-corrected chi connectivity index (χ4v) is 3.29. The molecule has 0 aliphatic carbocycles. The van der Waals surface area contributed by atoms with E-state index in [1.807, 2.05) is 0 Å². The second-order valence-electron chi connectivity index (χ2n) is 5.19. The summed E-state index contributed by atoms with van der Waals surface area (Å²) in [6.07, 6.45) is 0.238. The first kappa shape index (κ1) is 17.2. The molecule has 0 fully saturated rings. The van der Waals surface area contributed by atoms with E-state index in [1.165, 1.54) is 30.3 Å². The summed E-state index contributed by atoms with van der Waals surface area (Å²) in [6, 6.07) is 10.8. The summed E-state index contributed by atoms with van der Waals surface area (Å²) >= 11 is 0. The van der Waals surface area contributed by atoms with E-state index in [2.05, 4.69) is 19.9 Å². The molecule has 0 radical (unpaired) electrons. The molecule has 6 nitrogen and oxygen atoms in total. The Balaban J connectivity index is 1.63. The Morgan fingerprint density at radius 2 is 1.76 bits per heavy atom. The molecular formula is C16H14F2N4O2S. The van der Waals surface area contributed by atoms with Crippen molar-refractivity contribution in [2.75, 3.05) is 6.54 Å². The van der Waals surface area contributed by atoms with Crippen LogP contribution in [0.25, 0.3) is 11.4 Å². The van der Waals surface area contributed by atoms with Gasteiger partial charge in [-0.15, -0.1) is 0 Å². The molecule has 3 rings (SSSR count). The van der Waals surface area contributed by atoms with E-state index in [-0.39, 0.29) is 18.8 Å². The van der Waals surface area contributed by atoms with Gasteiger partial charge in [-0.25, -0.2) is 26.9 Å². The molecule has 1 aromatic heterocycles. The summed E-state index contributed by atoms with van der Waals surface area (Å²) in [4.78, 5) is 3.82. The van der Waals surface area contributed by atoms with E-state index in [1.54, 1.807) is 12.1 Å². The number of rotatable bonds is 6. The number of aromatic amines is 1. The predicted molar refractivity (Wildman–Crippen MR) is 87.1 cm³/mol. The van der Waals surface area contributed by atoms with Gasteiger partial charge < -0.3 is 0 Å². The van der Waals surface area contributed by atoms with Crippen molar-refractivity contribution in [1.82, 2.24) is 19.9 Å². The summed E-state index contributed by atoms with van der Waals surface area (Å²) in [5.41, 5.74) is 0.635. The zero-order chi connectivity index (χ0) is 17.9. The van der Waals surface area contributed by atoms with Crippen LogP contribution in [0.2, 0.25) is 0 Å². The van der Waals surface area contributed by atoms with E-state index in [0.29, 0.717) is 17.2 Å². The third-order valence-electron chi connectivity index (χ3n) is 3.41. The molecule has 2 aromatic carbocycles. The normalized spacial score (nSPS) is 11.6. The Morgan fingerprint density at radius 3 is 2.48 bits per heavy atom. The maximum atomic E-state index is 13.6. The summed E-state index contributed by atoms with van der Waals surface area (Å²) in [7, 11) is -3.94. The molecular weight excluding hydrogens is 350 g/mol. The Morgan fingerprint density at radius 1 is 1.04 bits per heavy atom. The first-order chi connectivity index (χ1) is 12.0. The highest BCUT2D eigenvalue weighted by Crippen LogP contribution is 2.15. The Hall–Kier alpha value is -2.65. The average Bonchev–Trinajstić information content (AvgIpc) is 3.04. The average molecular weight is 364 g/mol. The number of H-pyrrole nitrogens is 1. The molecule has 3 aromatic rings. The van der Waals surface area contributed by atoms with Crippen LogP contribution in [-0.4, -0.2) is 30.1 Å². The van der Waals surface area contributed by atoms with Crippen LogP contribution in [-0.2, 0) is 16.4 Å². The predicted octanol–water partition coefficient (Wildman–Crippen LogP) is 2.27. The minimum absolute atomic E-state index is 0.0225. The first-order valence-corrected chi connectivity index (χ1v) is 8.85. The molecule has 0 atom stereocenters. The van der Waals surface area contributed by atoms with Crippen LogP contribution >= 0.6 is 0 Å². The monoisotopic (exact) mass is 364 g/mol. The molecule has 0 bridgehead atoms. The highest BCUT2D eigenvalue weighted by Gasteiger charge is 2.18. The molecule has 2 N–H and O–H groups in total. The summed E-state index contributed by atoms with van der Waals surface area (Å²) in [6.45, 7) is 0.0225. The van der Waals surface area contributed by atoms with Crippen LogP contribution in [0, 0.1) is 11.6 Å². The molecule has 0 aliphatic heterocycles. The third kappa shape index (κ3) is 4.06. The number of halogens is 2. The highest BCUT2D eigenvalue weighted by molar-refractivity contribution is 7.89. The lowest BCUT2D eigenvalue weighted by Crippen LogP contribution is -2.27. The number of aromatic nitrogens is 3. The SMILES string of the molecule is O=S(=O)(NCCc1nc(-c2ccc(F)cc2)n[nH]1)c1ccccc1F. The second-order valence-corrected chi connectivity index (χ2v) is 6.93. The zero-order valence-electron chi connectivity index (χ0n) is 12.9. The lowest BCUT2D eigenvalue weighted by atomic mass is 10.2. The summed E-state index contributed by atoms with van der Waals surface area (Å²) in [5.74, 6) is -0.335. The lowest BCUT2D eigenvalue weighted by Gasteiger charge is -2.06. The highest BCUT2D eigenvalue weighted by atomic mass is 32.2. The maximum Gasteiger partial charge on any atom is 0.243 e. The van der Waals surface area contributed by atoms with Crippen molar-refractivity contribution in [1.29, 1.82) is 0 Å². The standard InChI is InChI=1S/C16H14F2N4O2S/c17-12-7-5-11(6-8-12)16-20-15(21-22-16)9-10-19-25(23,24)14-4-2-1-3-13(14)18/h1-8,19H,9-10H2,(H,20,21,22). The Kier molecular flexibility index (Phi) is 4.86. The molecule has 0 amide bonds. The number of hydrogen-bond donors (Lipinski definition) is 2. The van der Waals surface area contributed by atoms with Crippen LogP contribution < -0.4 is 4.72 Å². The fourth-order valence-electron chi connectivity index (χ4n) is 2.18. The van der Waals surface area contributed by atoms with Gasteiger partial charge in [-0.1, -0.05) is 12.1 Å². The first-order valence-electron chi connectivity index (χ1n) is 7.37. The van der Waals surface area contributed by atoms with E-state index < -0.39 is 20.7 Å². The number of nitrogens with zero attached hydrogens (tertiary/aromatic N) is 2. The minimum Gasteiger partial charge on any atom is -0.263 e. The molecule has 0 saturated carbocycles. The molecule has 0 unspecified atom stereocenters. The van der Waals surface area contributed by atoms with Gasteiger partial charge in [0.1, 0.15) is 22.4 Å². The van der Waals surface area contributed by atoms with Gasteiger partial charge in [0.15, 0.2) is 5.82 Å². The molecule has 0 saturated heterocycles. The van der Waals surface area contributed by atoms with Crippen LogP contribution in [0.4, 0.5) is 8.78 Å². The van der Waals surface area contributed by atoms with Crippen molar-refractivity contribution in [3.63, 3.8) is 0 Å². The Bertz CT molecular complexity index is 972. The van der Waals surface area contributed by atoms with Crippen molar-refractivity contribution in [2.45, 2.75) is 11.3 Å². The number of nitrogens with one attached hydrogen (secondary N) is 2. The fraction of sp³-hybridized carbons (Fsp3) is 0.125. The molecule has 9 heteroatoms. The zero-order valence-corrected chi connectivity index (χ0v) is 13.7. The van der Waals surface area contributed by atoms with E-state index in [9.17, 15) is 17.2 Å². The molecule has 0 aliphatic rings. The van der Waals surface area contributed by atoms with Crippen LogP contribution in [0.5, 0.6) is 0 Å². The number of hydrogen-bond acceptors (Lipinski definition) is 4. The van der Waals surface area contributed by atoms with E-state index in [4.69, 9.17) is 0 Å². The second kappa shape index (κ2) is 7.08. The van der Waals surface area contributed by atoms with Crippen molar-refractivity contribution in [3.8, 4) is 11.4 Å². The summed E-state index contributed by atoms with van der Waals surface area (Å²) < 4.78 is 52.9. The molecule has 0 spiro atoms.